The first-order valence-electron chi connectivity index (χ1n) is 11.1. The molecule has 7 heteroatoms. The fourth-order valence-corrected chi connectivity index (χ4v) is 4.54. The van der Waals surface area contributed by atoms with E-state index in [1.54, 1.807) is 7.11 Å². The predicted molar refractivity (Wildman–Crippen MR) is 120 cm³/mol. The van der Waals surface area contributed by atoms with E-state index in [0.29, 0.717) is 44.6 Å². The molecule has 166 valence electrons. The third kappa shape index (κ3) is 4.83. The summed E-state index contributed by atoms with van der Waals surface area (Å²) in [6.45, 7) is 7.79. The first-order chi connectivity index (χ1) is 15.2. The number of rotatable bonds is 8. The highest BCUT2D eigenvalue weighted by molar-refractivity contribution is 5.94. The number of nitrogens with zero attached hydrogens (tertiary/aromatic N) is 3. The van der Waals surface area contributed by atoms with Gasteiger partial charge in [-0.1, -0.05) is 24.3 Å². The molecule has 1 saturated heterocycles. The summed E-state index contributed by atoms with van der Waals surface area (Å²) in [6.07, 6.45) is 5.52. The smallest absolute Gasteiger partial charge is 0.274 e. The highest BCUT2D eigenvalue weighted by Gasteiger charge is 2.31. The molecule has 2 heterocycles. The van der Waals surface area contributed by atoms with Crippen LogP contribution < -0.4 is 10.1 Å². The van der Waals surface area contributed by atoms with Gasteiger partial charge in [-0.3, -0.25) is 9.48 Å². The van der Waals surface area contributed by atoms with Crippen LogP contribution in [0.5, 0.6) is 5.75 Å². The van der Waals surface area contributed by atoms with Crippen LogP contribution in [0.15, 0.2) is 36.9 Å². The average molecular weight is 425 g/mol. The summed E-state index contributed by atoms with van der Waals surface area (Å²) in [4.78, 5) is 15.1. The number of hydrogen-bond acceptors (Lipinski definition) is 5. The second-order valence-corrected chi connectivity index (χ2v) is 8.10. The van der Waals surface area contributed by atoms with Crippen molar-refractivity contribution in [1.29, 1.82) is 0 Å². The van der Waals surface area contributed by atoms with Gasteiger partial charge in [0.15, 0.2) is 5.69 Å². The second-order valence-electron chi connectivity index (χ2n) is 8.10. The SMILES string of the molecule is C=CCn1nc(C(=O)N2CCOCC2)c2c1CC[C@@H](NCCc1ccccc1OC)C2. The Morgan fingerprint density at radius 2 is 2.16 bits per heavy atom. The molecule has 0 saturated carbocycles. The summed E-state index contributed by atoms with van der Waals surface area (Å²) in [7, 11) is 1.71. The van der Waals surface area contributed by atoms with Crippen LogP contribution in [0.1, 0.15) is 33.7 Å². The maximum Gasteiger partial charge on any atom is 0.274 e. The average Bonchev–Trinajstić information content (AvgIpc) is 3.17. The number of nitrogens with one attached hydrogen (secondary N) is 1. The molecule has 4 rings (SSSR count). The van der Waals surface area contributed by atoms with Crippen molar-refractivity contribution in [2.24, 2.45) is 0 Å². The summed E-state index contributed by atoms with van der Waals surface area (Å²) in [6, 6.07) is 8.48. The zero-order valence-corrected chi connectivity index (χ0v) is 18.3. The zero-order valence-electron chi connectivity index (χ0n) is 18.3. The van der Waals surface area contributed by atoms with E-state index in [2.05, 4.69) is 18.0 Å². The van der Waals surface area contributed by atoms with Gasteiger partial charge in [0.05, 0.1) is 26.9 Å². The lowest BCUT2D eigenvalue weighted by atomic mass is 9.91. The molecule has 1 aliphatic carbocycles. The van der Waals surface area contributed by atoms with Crippen LogP contribution >= 0.6 is 0 Å². The van der Waals surface area contributed by atoms with Gasteiger partial charge >= 0.3 is 0 Å². The van der Waals surface area contributed by atoms with Gasteiger partial charge in [0.1, 0.15) is 5.75 Å². The number of carbonyl (C=O) groups excluding carboxylic acids is 1. The van der Waals surface area contributed by atoms with Crippen molar-refractivity contribution in [2.75, 3.05) is 40.0 Å². The Labute approximate surface area is 184 Å². The standard InChI is InChI=1S/C24H32N4O3/c1-3-12-28-21-9-8-19(25-11-10-18-6-4-5-7-22(18)30-2)17-20(21)23(26-28)24(29)27-13-15-31-16-14-27/h3-7,19,25H,1,8-17H2,2H3/t19-/m1/s1. The van der Waals surface area contributed by atoms with E-state index in [1.807, 2.05) is 33.9 Å². The highest BCUT2D eigenvalue weighted by Crippen LogP contribution is 2.26. The summed E-state index contributed by atoms with van der Waals surface area (Å²) in [5.41, 5.74) is 4.09. The number of allylic oxidation sites excluding steroid dienone is 1. The number of amides is 1. The molecular formula is C24H32N4O3. The van der Waals surface area contributed by atoms with Crippen LogP contribution in [-0.4, -0.2) is 66.6 Å². The fourth-order valence-electron chi connectivity index (χ4n) is 4.54. The van der Waals surface area contributed by atoms with Crippen LogP contribution in [0.25, 0.3) is 0 Å². The van der Waals surface area contributed by atoms with Crippen molar-refractivity contribution in [3.63, 3.8) is 0 Å². The molecule has 1 fully saturated rings. The van der Waals surface area contributed by atoms with E-state index < -0.39 is 0 Å². The van der Waals surface area contributed by atoms with E-state index in [0.717, 1.165) is 43.5 Å². The Hall–Kier alpha value is -2.64. The number of para-hydroxylation sites is 1. The van der Waals surface area contributed by atoms with Gasteiger partial charge in [-0.05, 0) is 43.9 Å². The minimum atomic E-state index is 0.0250. The molecular weight excluding hydrogens is 392 g/mol. The van der Waals surface area contributed by atoms with Crippen LogP contribution in [-0.2, 0) is 30.5 Å². The molecule has 1 amide bonds. The molecule has 1 N–H and O–H groups in total. The largest absolute Gasteiger partial charge is 0.496 e. The Bertz CT molecular complexity index is 918. The number of fused-ring (bicyclic) bond motifs is 1. The number of aromatic nitrogens is 2. The molecule has 0 spiro atoms. The first kappa shape index (κ1) is 21.6. The molecule has 1 atom stereocenters. The Morgan fingerprint density at radius 1 is 1.35 bits per heavy atom. The maximum atomic E-state index is 13.2. The van der Waals surface area contributed by atoms with Gasteiger partial charge in [0.25, 0.3) is 5.91 Å². The molecule has 0 radical (unpaired) electrons. The summed E-state index contributed by atoms with van der Waals surface area (Å²) < 4.78 is 12.8. The van der Waals surface area contributed by atoms with E-state index in [-0.39, 0.29) is 5.91 Å². The normalized spacial score (nSPS) is 18.5. The molecule has 2 aromatic rings. The summed E-state index contributed by atoms with van der Waals surface area (Å²) in [5, 5.41) is 8.40. The number of carbonyl (C=O) groups is 1. The van der Waals surface area contributed by atoms with Gasteiger partial charge in [-0.2, -0.15) is 5.10 Å². The Morgan fingerprint density at radius 3 is 2.94 bits per heavy atom. The second kappa shape index (κ2) is 10.1. The van der Waals surface area contributed by atoms with Crippen LogP contribution in [0, 0.1) is 0 Å². The van der Waals surface area contributed by atoms with E-state index in [9.17, 15) is 4.79 Å². The predicted octanol–water partition coefficient (Wildman–Crippen LogP) is 2.24. The number of methoxy groups -OCH3 is 1. The van der Waals surface area contributed by atoms with Gasteiger partial charge in [-0.15, -0.1) is 6.58 Å². The lowest BCUT2D eigenvalue weighted by Gasteiger charge is -2.28. The molecule has 2 aliphatic rings. The van der Waals surface area contributed by atoms with Crippen molar-refractivity contribution in [2.45, 2.75) is 38.3 Å². The summed E-state index contributed by atoms with van der Waals surface area (Å²) in [5.74, 6) is 0.955. The van der Waals surface area contributed by atoms with Crippen molar-refractivity contribution < 1.29 is 14.3 Å². The van der Waals surface area contributed by atoms with Gasteiger partial charge in [0, 0.05) is 30.4 Å². The van der Waals surface area contributed by atoms with Gasteiger partial charge in [-0.25, -0.2) is 0 Å². The molecule has 31 heavy (non-hydrogen) atoms. The number of hydrogen-bond donors (Lipinski definition) is 1. The number of benzene rings is 1. The Balaban J connectivity index is 1.45. The molecule has 0 bridgehead atoms. The van der Waals surface area contributed by atoms with E-state index >= 15 is 0 Å². The highest BCUT2D eigenvalue weighted by atomic mass is 16.5. The third-order valence-corrected chi connectivity index (χ3v) is 6.17. The van der Waals surface area contributed by atoms with E-state index in [1.165, 1.54) is 11.3 Å². The fraction of sp³-hybridized carbons (Fsp3) is 0.500. The van der Waals surface area contributed by atoms with Crippen LogP contribution in [0.3, 0.4) is 0 Å². The topological polar surface area (TPSA) is 68.6 Å². The van der Waals surface area contributed by atoms with Crippen LogP contribution in [0.2, 0.25) is 0 Å². The summed E-state index contributed by atoms with van der Waals surface area (Å²) >= 11 is 0. The lowest BCUT2D eigenvalue weighted by Crippen LogP contribution is -2.42. The molecule has 0 unspecified atom stereocenters. The monoisotopic (exact) mass is 424 g/mol. The van der Waals surface area contributed by atoms with Crippen molar-refractivity contribution in [3.8, 4) is 5.75 Å². The molecule has 1 aliphatic heterocycles. The molecule has 1 aromatic heterocycles. The Kier molecular flexibility index (Phi) is 7.04. The lowest BCUT2D eigenvalue weighted by molar-refractivity contribution is 0.0297. The third-order valence-electron chi connectivity index (χ3n) is 6.17. The number of morpholine rings is 1. The quantitative estimate of drug-likeness (QED) is 0.659. The van der Waals surface area contributed by atoms with Crippen molar-refractivity contribution in [1.82, 2.24) is 20.0 Å². The molecule has 1 aromatic carbocycles. The van der Waals surface area contributed by atoms with Gasteiger partial charge < -0.3 is 19.7 Å². The maximum absolute atomic E-state index is 13.2. The van der Waals surface area contributed by atoms with Crippen molar-refractivity contribution >= 4 is 5.91 Å². The number of ether oxygens (including phenoxy) is 2. The van der Waals surface area contributed by atoms with Crippen LogP contribution in [0.4, 0.5) is 0 Å². The first-order valence-corrected chi connectivity index (χ1v) is 11.1. The zero-order chi connectivity index (χ0) is 21.6. The van der Waals surface area contributed by atoms with Gasteiger partial charge in [0.2, 0.25) is 0 Å². The minimum Gasteiger partial charge on any atom is -0.496 e. The minimum absolute atomic E-state index is 0.0250. The molecule has 7 nitrogen and oxygen atoms in total. The van der Waals surface area contributed by atoms with E-state index in [4.69, 9.17) is 14.6 Å². The van der Waals surface area contributed by atoms with Crippen molar-refractivity contribution in [3.05, 3.63) is 59.4 Å².